The first-order chi connectivity index (χ1) is 17.1. The quantitative estimate of drug-likeness (QED) is 0.310. The van der Waals surface area contributed by atoms with Crippen LogP contribution >= 0.6 is 0 Å². The molecule has 2 aromatic heterocycles. The van der Waals surface area contributed by atoms with Gasteiger partial charge in [-0.3, -0.25) is 9.48 Å². The Morgan fingerprint density at radius 2 is 1.89 bits per heavy atom. The van der Waals surface area contributed by atoms with Crippen molar-refractivity contribution in [3.8, 4) is 0 Å². The fourth-order valence-corrected chi connectivity index (χ4v) is 4.64. The van der Waals surface area contributed by atoms with Crippen LogP contribution in [-0.2, 0) is 24.6 Å². The standard InChI is InChI=1S/C27H30N6O2/c1-32-25-12-5-3-9-22(25)24(31-32)11-6-8-21-18-33(13-14-35-21)27-29-16-20(17-30-27)26(34)15-19-7-2-4-10-23(19)28/h2-5,7,9-10,12,16-17,21H,6,8,11,13-15,18,28H2,1H3. The molecule has 3 heterocycles. The fraction of sp³-hybridized carbons (Fsp3) is 0.333. The van der Waals surface area contributed by atoms with Crippen LogP contribution in [-0.4, -0.2) is 51.3 Å². The molecule has 0 spiro atoms. The van der Waals surface area contributed by atoms with E-state index in [1.807, 2.05) is 36.0 Å². The van der Waals surface area contributed by atoms with Crippen LogP contribution in [0.15, 0.2) is 60.9 Å². The maximum Gasteiger partial charge on any atom is 0.225 e. The highest BCUT2D eigenvalue weighted by Crippen LogP contribution is 2.21. The number of aryl methyl sites for hydroxylation is 2. The minimum absolute atomic E-state index is 0.0450. The van der Waals surface area contributed by atoms with Crippen molar-refractivity contribution in [3.05, 3.63) is 77.7 Å². The van der Waals surface area contributed by atoms with Crippen molar-refractivity contribution < 1.29 is 9.53 Å². The molecular weight excluding hydrogens is 440 g/mol. The maximum absolute atomic E-state index is 12.6. The summed E-state index contributed by atoms with van der Waals surface area (Å²) in [5.41, 5.74) is 10.2. The van der Waals surface area contributed by atoms with E-state index < -0.39 is 0 Å². The number of para-hydroxylation sites is 2. The molecule has 0 saturated carbocycles. The van der Waals surface area contributed by atoms with Crippen molar-refractivity contribution in [3.63, 3.8) is 0 Å². The number of hydrogen-bond donors (Lipinski definition) is 1. The van der Waals surface area contributed by atoms with Gasteiger partial charge in [0.2, 0.25) is 5.95 Å². The van der Waals surface area contributed by atoms with Crippen LogP contribution in [0.5, 0.6) is 0 Å². The minimum atomic E-state index is -0.0450. The number of carbonyl (C=O) groups excluding carboxylic acids is 1. The second-order valence-corrected chi connectivity index (χ2v) is 8.99. The first kappa shape index (κ1) is 23.0. The van der Waals surface area contributed by atoms with Crippen molar-refractivity contribution in [2.75, 3.05) is 30.3 Å². The van der Waals surface area contributed by atoms with Gasteiger partial charge in [-0.1, -0.05) is 36.4 Å². The van der Waals surface area contributed by atoms with Crippen molar-refractivity contribution in [1.82, 2.24) is 19.7 Å². The molecule has 5 rings (SSSR count). The number of fused-ring (bicyclic) bond motifs is 1. The molecule has 8 nitrogen and oxygen atoms in total. The minimum Gasteiger partial charge on any atom is -0.398 e. The number of carbonyl (C=O) groups is 1. The van der Waals surface area contributed by atoms with Gasteiger partial charge in [0, 0.05) is 50.0 Å². The van der Waals surface area contributed by atoms with Crippen LogP contribution in [0, 0.1) is 0 Å². The molecule has 1 atom stereocenters. The Labute approximate surface area is 204 Å². The number of rotatable bonds is 8. The summed E-state index contributed by atoms with van der Waals surface area (Å²) < 4.78 is 7.96. The third-order valence-electron chi connectivity index (χ3n) is 6.56. The highest BCUT2D eigenvalue weighted by Gasteiger charge is 2.23. The average Bonchev–Trinajstić information content (AvgIpc) is 3.21. The van der Waals surface area contributed by atoms with Crippen LogP contribution < -0.4 is 10.6 Å². The summed E-state index contributed by atoms with van der Waals surface area (Å²) in [6, 6.07) is 15.8. The lowest BCUT2D eigenvalue weighted by Crippen LogP contribution is -2.43. The summed E-state index contributed by atoms with van der Waals surface area (Å²) in [5, 5.41) is 5.92. The van der Waals surface area contributed by atoms with Gasteiger partial charge in [0.15, 0.2) is 5.78 Å². The van der Waals surface area contributed by atoms with Gasteiger partial charge in [-0.15, -0.1) is 0 Å². The molecule has 0 amide bonds. The molecule has 1 aliphatic heterocycles. The maximum atomic E-state index is 12.6. The van der Waals surface area contributed by atoms with Crippen molar-refractivity contribution >= 4 is 28.3 Å². The van der Waals surface area contributed by atoms with Crippen molar-refractivity contribution in [2.24, 2.45) is 7.05 Å². The smallest absolute Gasteiger partial charge is 0.225 e. The van der Waals surface area contributed by atoms with Gasteiger partial charge in [0.05, 0.1) is 29.5 Å². The zero-order chi connectivity index (χ0) is 24.2. The number of benzene rings is 2. The Morgan fingerprint density at radius 1 is 1.11 bits per heavy atom. The van der Waals surface area contributed by atoms with Crippen molar-refractivity contribution in [1.29, 1.82) is 0 Å². The molecule has 1 fully saturated rings. The summed E-state index contributed by atoms with van der Waals surface area (Å²) in [7, 11) is 1.99. The summed E-state index contributed by atoms with van der Waals surface area (Å²) in [5.74, 6) is 0.584. The number of ketones is 1. The molecule has 2 N–H and O–H groups in total. The van der Waals surface area contributed by atoms with E-state index in [4.69, 9.17) is 15.6 Å². The van der Waals surface area contributed by atoms with Gasteiger partial charge in [0.1, 0.15) is 0 Å². The number of hydrogen-bond acceptors (Lipinski definition) is 7. The molecule has 1 aliphatic rings. The monoisotopic (exact) mass is 470 g/mol. The molecule has 8 heteroatoms. The van der Waals surface area contributed by atoms with Gasteiger partial charge >= 0.3 is 0 Å². The normalized spacial score (nSPS) is 16.0. The molecule has 180 valence electrons. The second-order valence-electron chi connectivity index (χ2n) is 8.99. The van der Waals surface area contributed by atoms with E-state index >= 15 is 0 Å². The van der Waals surface area contributed by atoms with E-state index in [1.165, 1.54) is 5.39 Å². The van der Waals surface area contributed by atoms with Crippen LogP contribution in [0.2, 0.25) is 0 Å². The number of nitrogen functional groups attached to an aromatic ring is 1. The topological polar surface area (TPSA) is 99.2 Å². The molecular formula is C27H30N6O2. The third kappa shape index (κ3) is 5.17. The molecule has 35 heavy (non-hydrogen) atoms. The lowest BCUT2D eigenvalue weighted by atomic mass is 10.0. The molecule has 0 aliphatic carbocycles. The number of aromatic nitrogens is 4. The first-order valence-electron chi connectivity index (χ1n) is 12.0. The highest BCUT2D eigenvalue weighted by molar-refractivity contribution is 5.97. The Bertz CT molecular complexity index is 1320. The number of nitrogens with two attached hydrogens (primary N) is 1. The summed E-state index contributed by atoms with van der Waals surface area (Å²) >= 11 is 0. The molecule has 1 unspecified atom stereocenters. The number of morpholine rings is 1. The Kier molecular flexibility index (Phi) is 6.72. The van der Waals surface area contributed by atoms with E-state index in [-0.39, 0.29) is 18.3 Å². The largest absolute Gasteiger partial charge is 0.398 e. The van der Waals surface area contributed by atoms with E-state index in [0.29, 0.717) is 23.8 Å². The second kappa shape index (κ2) is 10.2. The molecule has 0 bridgehead atoms. The Balaban J connectivity index is 1.16. The molecule has 1 saturated heterocycles. The molecule has 4 aromatic rings. The number of anilines is 2. The van der Waals surface area contributed by atoms with E-state index in [1.54, 1.807) is 18.5 Å². The van der Waals surface area contributed by atoms with Crippen LogP contribution in [0.1, 0.15) is 34.5 Å². The predicted molar refractivity (Wildman–Crippen MR) is 137 cm³/mol. The van der Waals surface area contributed by atoms with Crippen LogP contribution in [0.3, 0.4) is 0 Å². The van der Waals surface area contributed by atoms with Gasteiger partial charge in [0.25, 0.3) is 0 Å². The SMILES string of the molecule is Cn1nc(CCCC2CN(c3ncc(C(=O)Cc4ccccc4N)cn3)CCO2)c2ccccc21. The summed E-state index contributed by atoms with van der Waals surface area (Å²) in [6.45, 7) is 2.10. The lowest BCUT2D eigenvalue weighted by molar-refractivity contribution is 0.0335. The Hall–Kier alpha value is -3.78. The zero-order valence-electron chi connectivity index (χ0n) is 19.9. The van der Waals surface area contributed by atoms with E-state index in [9.17, 15) is 4.79 Å². The molecule has 0 radical (unpaired) electrons. The van der Waals surface area contributed by atoms with Crippen LogP contribution in [0.25, 0.3) is 10.9 Å². The third-order valence-corrected chi connectivity index (χ3v) is 6.56. The Morgan fingerprint density at radius 3 is 2.71 bits per heavy atom. The van der Waals surface area contributed by atoms with Crippen LogP contribution in [0.4, 0.5) is 11.6 Å². The number of ether oxygens (including phenoxy) is 1. The first-order valence-corrected chi connectivity index (χ1v) is 12.0. The fourth-order valence-electron chi connectivity index (χ4n) is 4.64. The highest BCUT2D eigenvalue weighted by atomic mass is 16.5. The predicted octanol–water partition coefficient (Wildman–Crippen LogP) is 3.60. The average molecular weight is 471 g/mol. The van der Waals surface area contributed by atoms with Gasteiger partial charge in [-0.25, -0.2) is 9.97 Å². The van der Waals surface area contributed by atoms with E-state index in [0.717, 1.165) is 49.1 Å². The van der Waals surface area contributed by atoms with Gasteiger partial charge in [-0.2, -0.15) is 5.10 Å². The van der Waals surface area contributed by atoms with E-state index in [2.05, 4.69) is 33.1 Å². The van der Waals surface area contributed by atoms with Gasteiger partial charge in [-0.05, 0) is 37.0 Å². The van der Waals surface area contributed by atoms with Gasteiger partial charge < -0.3 is 15.4 Å². The van der Waals surface area contributed by atoms with Crippen molar-refractivity contribution in [2.45, 2.75) is 31.8 Å². The number of nitrogens with zero attached hydrogens (tertiary/aromatic N) is 5. The summed E-state index contributed by atoms with van der Waals surface area (Å²) in [6.07, 6.45) is 6.43. The number of Topliss-reactive ketones (excluding diaryl/α,β-unsaturated/α-hetero) is 1. The molecule has 2 aromatic carbocycles. The summed E-state index contributed by atoms with van der Waals surface area (Å²) in [4.78, 5) is 23.7. The zero-order valence-corrected chi connectivity index (χ0v) is 19.9. The lowest BCUT2D eigenvalue weighted by Gasteiger charge is -2.33.